The van der Waals surface area contributed by atoms with Crippen molar-refractivity contribution >= 4 is 11.4 Å². The van der Waals surface area contributed by atoms with Crippen LogP contribution >= 0.6 is 0 Å². The number of aromatic nitrogens is 3. The molecule has 0 saturated heterocycles. The molecule has 4 aliphatic rings. The summed E-state index contributed by atoms with van der Waals surface area (Å²) in [6.45, 7) is 8.92. The quantitative estimate of drug-likeness (QED) is 0.141. The molecule has 1 saturated carbocycles. The van der Waals surface area contributed by atoms with Gasteiger partial charge in [0.1, 0.15) is 0 Å². The Kier molecular flexibility index (Phi) is 13.7. The number of pyridine rings is 1. The molecule has 2 aromatic heterocycles. The molecule has 2 aliphatic carbocycles. The summed E-state index contributed by atoms with van der Waals surface area (Å²) in [5.41, 5.74) is 16.7. The van der Waals surface area contributed by atoms with Gasteiger partial charge in [-0.3, -0.25) is 4.98 Å². The maximum Gasteiger partial charge on any atom is 4.00 e. The molecule has 8 heteroatoms. The maximum atomic E-state index is 5.09. The summed E-state index contributed by atoms with van der Waals surface area (Å²) in [5.74, 6) is 1.66. The van der Waals surface area contributed by atoms with Crippen LogP contribution in [0.25, 0.3) is 56.2 Å². The number of benzene rings is 5. The number of imidazole rings is 1. The topological polar surface area (TPSA) is 43.7 Å². The van der Waals surface area contributed by atoms with Gasteiger partial charge in [0.15, 0.2) is 5.82 Å². The van der Waals surface area contributed by atoms with Crippen LogP contribution in [0.5, 0.6) is 0 Å². The largest absolute Gasteiger partial charge is 4.00 e. The van der Waals surface area contributed by atoms with Gasteiger partial charge in [-0.1, -0.05) is 98.8 Å². The summed E-state index contributed by atoms with van der Waals surface area (Å²) in [5, 5.41) is 0. The van der Waals surface area contributed by atoms with Crippen LogP contribution in [-0.4, -0.2) is 38.4 Å². The number of hydrogen-bond acceptors (Lipinski definition) is 6. The number of aryl methyl sites for hydroxylation is 1. The molecular formula is C59H59N7Os. The van der Waals surface area contributed by atoms with Crippen LogP contribution in [0.4, 0.5) is 11.4 Å². The molecule has 338 valence electrons. The number of hydrogen-bond donors (Lipinski definition) is 0. The van der Waals surface area contributed by atoms with Crippen molar-refractivity contribution in [3.05, 3.63) is 195 Å². The minimum absolute atomic E-state index is 0. The molecule has 5 aromatic carbocycles. The molecule has 0 radical (unpaired) electrons. The van der Waals surface area contributed by atoms with Crippen molar-refractivity contribution in [1.82, 2.24) is 24.3 Å². The van der Waals surface area contributed by atoms with E-state index >= 15 is 0 Å². The van der Waals surface area contributed by atoms with Gasteiger partial charge in [0.05, 0.1) is 11.4 Å². The zero-order valence-electron chi connectivity index (χ0n) is 39.3. The normalized spacial score (nSPS) is 16.4. The Labute approximate surface area is 411 Å². The summed E-state index contributed by atoms with van der Waals surface area (Å²) in [6, 6.07) is 52.4. The van der Waals surface area contributed by atoms with Crippen LogP contribution in [0.15, 0.2) is 152 Å². The Hall–Kier alpha value is -6.22. The second-order valence-corrected chi connectivity index (χ2v) is 19.1. The monoisotopic (exact) mass is 1060 g/mol. The first-order valence-electron chi connectivity index (χ1n) is 23.6. The maximum absolute atomic E-state index is 5.09. The second kappa shape index (κ2) is 19.9. The summed E-state index contributed by atoms with van der Waals surface area (Å²) in [7, 11) is 6.19. The first kappa shape index (κ1) is 45.9. The van der Waals surface area contributed by atoms with Crippen molar-refractivity contribution in [2.45, 2.75) is 71.1 Å². The van der Waals surface area contributed by atoms with Crippen molar-refractivity contribution in [1.29, 1.82) is 0 Å². The molecular weight excluding hydrogens is 997 g/mol. The molecule has 1 fully saturated rings. The van der Waals surface area contributed by atoms with Gasteiger partial charge >= 0.3 is 19.8 Å². The van der Waals surface area contributed by atoms with Crippen LogP contribution in [0, 0.1) is 30.9 Å². The molecule has 2 aliphatic heterocycles. The number of rotatable bonds is 8. The van der Waals surface area contributed by atoms with Gasteiger partial charge in [-0.2, -0.15) is 13.3 Å². The van der Waals surface area contributed by atoms with Gasteiger partial charge in [-0.05, 0) is 147 Å². The molecule has 0 bridgehead atoms. The van der Waals surface area contributed by atoms with Crippen LogP contribution in [0.1, 0.15) is 75.2 Å². The molecule has 4 heterocycles. The SMILES string of the molecule is CN1C=CN(c2[c-]c(N3C=CN(C)[CH-]3)cc(-c3ccc(-c4ccccc4)cc3)c2)[CH-]1.Cn1c(-c2cc(-c3ccc(C4CCC(C)(C)CC4)cc3)cc(-c3[c-]cccc3)n2)nc2c1CCCC2.[Os+4]. The fourth-order valence-electron chi connectivity index (χ4n) is 9.75. The van der Waals surface area contributed by atoms with Gasteiger partial charge in [0.25, 0.3) is 0 Å². The van der Waals surface area contributed by atoms with Crippen molar-refractivity contribution in [3.63, 3.8) is 0 Å². The van der Waals surface area contributed by atoms with Crippen molar-refractivity contribution < 1.29 is 19.8 Å². The van der Waals surface area contributed by atoms with Gasteiger partial charge < -0.3 is 24.2 Å². The van der Waals surface area contributed by atoms with Crippen LogP contribution in [0.3, 0.4) is 0 Å². The van der Waals surface area contributed by atoms with E-state index in [-0.39, 0.29) is 19.8 Å². The van der Waals surface area contributed by atoms with E-state index in [2.05, 4.69) is 157 Å². The Morgan fingerprint density at radius 1 is 0.582 bits per heavy atom. The van der Waals surface area contributed by atoms with E-state index in [1.165, 1.54) is 83.3 Å². The minimum atomic E-state index is 0. The minimum Gasteiger partial charge on any atom is -0.510 e. The Balaban J connectivity index is 0.000000168. The fourth-order valence-corrected chi connectivity index (χ4v) is 9.75. The molecule has 0 unspecified atom stereocenters. The van der Waals surface area contributed by atoms with E-state index in [9.17, 15) is 0 Å². The summed E-state index contributed by atoms with van der Waals surface area (Å²) in [4.78, 5) is 18.4. The van der Waals surface area contributed by atoms with E-state index < -0.39 is 0 Å². The van der Waals surface area contributed by atoms with Gasteiger partial charge in [-0.25, -0.2) is 4.98 Å². The molecule has 67 heavy (non-hydrogen) atoms. The Morgan fingerprint density at radius 3 is 1.72 bits per heavy atom. The zero-order chi connectivity index (χ0) is 45.2. The number of fused-ring (bicyclic) bond motifs is 1. The summed E-state index contributed by atoms with van der Waals surface area (Å²) >= 11 is 0. The smallest absolute Gasteiger partial charge is 0.510 e. The van der Waals surface area contributed by atoms with E-state index in [0.29, 0.717) is 11.3 Å². The standard InChI is InChI=1S/C33H36N3.C26H23N4.Os/c1-33(2)19-17-25(18-20-33)23-13-15-24(16-14-23)27-21-29(26-9-5-4-6-10-26)34-30(22-27)32-35-28-11-7-8-12-31(28)36(32)3;1-27-12-14-29(19-27)25-16-24(17-26(18-25)30-15-13-28(2)20-30)23-10-8-22(9-11-23)21-6-4-3-5-7-21;/h4-6,9,13-16,21-22,25H,7-8,11-12,17-20H2,1-3H3;3-17,19-20H,1-2H3;/q-1;-3;+4. The first-order valence-corrected chi connectivity index (χ1v) is 23.6. The van der Waals surface area contributed by atoms with Gasteiger partial charge in [-0.15, -0.1) is 71.0 Å². The zero-order valence-corrected chi connectivity index (χ0v) is 41.8. The average molecular weight is 1060 g/mol. The molecule has 0 amide bonds. The van der Waals surface area contributed by atoms with Gasteiger partial charge in [0.2, 0.25) is 0 Å². The summed E-state index contributed by atoms with van der Waals surface area (Å²) in [6.07, 6.45) is 18.0. The Bertz CT molecular complexity index is 2790. The predicted molar refractivity (Wildman–Crippen MR) is 271 cm³/mol. The molecule has 0 spiro atoms. The average Bonchev–Trinajstić information content (AvgIpc) is 4.10. The van der Waals surface area contributed by atoms with Crippen LogP contribution in [0.2, 0.25) is 0 Å². The molecule has 7 aromatic rings. The third-order valence-corrected chi connectivity index (χ3v) is 13.7. The summed E-state index contributed by atoms with van der Waals surface area (Å²) < 4.78 is 2.27. The van der Waals surface area contributed by atoms with Crippen LogP contribution < -0.4 is 9.80 Å². The second-order valence-electron chi connectivity index (χ2n) is 19.1. The third-order valence-electron chi connectivity index (χ3n) is 13.7. The molecule has 7 nitrogen and oxygen atoms in total. The molecule has 11 rings (SSSR count). The number of anilines is 2. The molecule has 0 atom stereocenters. The van der Waals surface area contributed by atoms with Crippen molar-refractivity contribution in [2.24, 2.45) is 12.5 Å². The van der Waals surface area contributed by atoms with E-state index in [1.807, 2.05) is 80.2 Å². The Morgan fingerprint density at radius 2 is 1.13 bits per heavy atom. The fraction of sp³-hybridized carbons (Fsp3) is 0.254. The van der Waals surface area contributed by atoms with Crippen molar-refractivity contribution in [3.8, 4) is 56.2 Å². The van der Waals surface area contributed by atoms with Crippen molar-refractivity contribution in [2.75, 3.05) is 23.9 Å². The van der Waals surface area contributed by atoms with E-state index in [1.54, 1.807) is 0 Å². The first-order chi connectivity index (χ1) is 32.1. The third kappa shape index (κ3) is 10.4. The number of nitrogens with zero attached hydrogens (tertiary/aromatic N) is 7. The predicted octanol–water partition coefficient (Wildman–Crippen LogP) is 13.7. The molecule has 0 N–H and O–H groups in total. The van der Waals surface area contributed by atoms with Crippen LogP contribution in [-0.2, 0) is 39.7 Å². The van der Waals surface area contributed by atoms with E-state index in [4.69, 9.17) is 9.97 Å². The van der Waals surface area contributed by atoms with E-state index in [0.717, 1.165) is 52.6 Å². The van der Waals surface area contributed by atoms with Gasteiger partial charge in [0, 0.05) is 12.7 Å².